The Labute approximate surface area is 131 Å². The molecule has 0 atom stereocenters. The van der Waals surface area contributed by atoms with Gasteiger partial charge in [-0.3, -0.25) is 0 Å². The predicted molar refractivity (Wildman–Crippen MR) is 77.3 cm³/mol. The third kappa shape index (κ3) is 2.77. The Hall–Kier alpha value is -1.62. The van der Waals surface area contributed by atoms with E-state index < -0.39 is 0 Å². The monoisotopic (exact) mass is 257 g/mol. The summed E-state index contributed by atoms with van der Waals surface area (Å²) in [5, 5.41) is 1.05. The molecule has 0 aliphatic rings. The maximum Gasteiger partial charge on any atom is 1.00 e. The first kappa shape index (κ1) is 14.8. The fraction of sp³-hybridized carbons (Fsp3) is 0.176. The van der Waals surface area contributed by atoms with Crippen LogP contribution in [0.1, 0.15) is 11.1 Å². The average molecular weight is 257 g/mol. The standard InChI is InChI=1S/C17H16NO.Li/c1-13-8-9-16(15-10-11-18(2)17(13)15)19-12-14-6-4-3-5-7-14;/h3-9,11H,12H2,1-2H3;/q-1;+1. The first-order valence-electron chi connectivity index (χ1n) is 6.39. The summed E-state index contributed by atoms with van der Waals surface area (Å²) in [7, 11) is 2.03. The van der Waals surface area contributed by atoms with E-state index >= 15 is 0 Å². The van der Waals surface area contributed by atoms with Gasteiger partial charge >= 0.3 is 18.9 Å². The van der Waals surface area contributed by atoms with Crippen molar-refractivity contribution < 1.29 is 23.6 Å². The molecule has 0 saturated carbocycles. The van der Waals surface area contributed by atoms with Crippen molar-refractivity contribution in [1.82, 2.24) is 4.57 Å². The molecule has 2 nitrogen and oxygen atoms in total. The van der Waals surface area contributed by atoms with Crippen molar-refractivity contribution in [3.8, 4) is 5.75 Å². The molecule has 0 amide bonds. The van der Waals surface area contributed by atoms with Crippen LogP contribution in [0.4, 0.5) is 0 Å². The second-order valence-corrected chi connectivity index (χ2v) is 4.76. The number of hydrogen-bond donors (Lipinski definition) is 0. The molecule has 0 saturated heterocycles. The molecule has 3 heteroatoms. The summed E-state index contributed by atoms with van der Waals surface area (Å²) >= 11 is 0. The zero-order valence-corrected chi connectivity index (χ0v) is 12.2. The molecule has 0 fully saturated rings. The molecule has 0 bridgehead atoms. The zero-order chi connectivity index (χ0) is 13.2. The Kier molecular flexibility index (Phi) is 4.60. The van der Waals surface area contributed by atoms with Crippen LogP contribution in [0.25, 0.3) is 10.9 Å². The van der Waals surface area contributed by atoms with Gasteiger partial charge in [-0.05, 0) is 19.5 Å². The second-order valence-electron chi connectivity index (χ2n) is 4.76. The van der Waals surface area contributed by atoms with Crippen LogP contribution in [0, 0.1) is 13.0 Å². The minimum atomic E-state index is 0. The largest absolute Gasteiger partial charge is 1.00 e. The van der Waals surface area contributed by atoms with Gasteiger partial charge in [0.2, 0.25) is 0 Å². The molecule has 0 aliphatic carbocycles. The van der Waals surface area contributed by atoms with Crippen LogP contribution in [-0.2, 0) is 13.7 Å². The molecule has 0 unspecified atom stereocenters. The molecule has 3 rings (SSSR count). The Bertz CT molecular complexity index is 704. The summed E-state index contributed by atoms with van der Waals surface area (Å²) in [5.41, 5.74) is 3.60. The van der Waals surface area contributed by atoms with E-state index in [1.54, 1.807) is 0 Å². The Morgan fingerprint density at radius 1 is 1.10 bits per heavy atom. The average Bonchev–Trinajstić information content (AvgIpc) is 2.83. The molecule has 1 heterocycles. The van der Waals surface area contributed by atoms with E-state index in [0.29, 0.717) is 6.61 Å². The molecule has 0 aliphatic heterocycles. The van der Waals surface area contributed by atoms with E-state index in [-0.39, 0.29) is 18.9 Å². The number of hydrogen-bond acceptors (Lipinski definition) is 1. The number of benzene rings is 2. The van der Waals surface area contributed by atoms with Crippen molar-refractivity contribution >= 4 is 10.9 Å². The molecule has 96 valence electrons. The van der Waals surface area contributed by atoms with E-state index in [4.69, 9.17) is 4.74 Å². The third-order valence-electron chi connectivity index (χ3n) is 3.33. The summed E-state index contributed by atoms with van der Waals surface area (Å²) in [6.45, 7) is 2.69. The van der Waals surface area contributed by atoms with Crippen molar-refractivity contribution in [1.29, 1.82) is 0 Å². The smallest absolute Gasteiger partial charge is 0.546 e. The van der Waals surface area contributed by atoms with Gasteiger partial charge in [0.25, 0.3) is 0 Å². The van der Waals surface area contributed by atoms with E-state index in [1.807, 2.05) is 37.5 Å². The molecule has 1 aromatic heterocycles. The van der Waals surface area contributed by atoms with E-state index in [0.717, 1.165) is 11.1 Å². The summed E-state index contributed by atoms with van der Waals surface area (Å²) < 4.78 is 8.01. The molecule has 0 N–H and O–H groups in total. The number of fused-ring (bicyclic) bond motifs is 1. The number of aromatic nitrogens is 1. The predicted octanol–water partition coefficient (Wildman–Crippen LogP) is 0.870. The number of aryl methyl sites for hydroxylation is 2. The summed E-state index contributed by atoms with van der Waals surface area (Å²) in [6.07, 6.45) is 1.95. The molecular formula is C17H16LiNO. The maximum absolute atomic E-state index is 5.93. The van der Waals surface area contributed by atoms with Crippen LogP contribution in [-0.4, -0.2) is 4.57 Å². The van der Waals surface area contributed by atoms with E-state index in [9.17, 15) is 0 Å². The van der Waals surface area contributed by atoms with E-state index in [2.05, 4.69) is 35.8 Å². The number of ether oxygens (including phenoxy) is 1. The Balaban J connectivity index is 0.00000147. The first-order valence-corrected chi connectivity index (χ1v) is 6.39. The Morgan fingerprint density at radius 3 is 2.60 bits per heavy atom. The van der Waals surface area contributed by atoms with Crippen LogP contribution < -0.4 is 23.6 Å². The van der Waals surface area contributed by atoms with Crippen molar-refractivity contribution in [2.45, 2.75) is 13.5 Å². The molecule has 3 aromatic rings. The van der Waals surface area contributed by atoms with Gasteiger partial charge in [-0.15, -0.1) is 5.39 Å². The fourth-order valence-corrected chi connectivity index (χ4v) is 2.35. The van der Waals surface area contributed by atoms with Crippen LogP contribution in [0.15, 0.2) is 48.7 Å². The first-order chi connectivity index (χ1) is 9.25. The van der Waals surface area contributed by atoms with Crippen LogP contribution >= 0.6 is 0 Å². The molecule has 20 heavy (non-hydrogen) atoms. The van der Waals surface area contributed by atoms with Crippen LogP contribution in [0.3, 0.4) is 0 Å². The quantitative estimate of drug-likeness (QED) is 0.501. The molecule has 0 radical (unpaired) electrons. The summed E-state index contributed by atoms with van der Waals surface area (Å²) in [4.78, 5) is 0. The van der Waals surface area contributed by atoms with Crippen molar-refractivity contribution in [3.63, 3.8) is 0 Å². The van der Waals surface area contributed by atoms with Gasteiger partial charge in [0.15, 0.2) is 0 Å². The van der Waals surface area contributed by atoms with Crippen molar-refractivity contribution in [2.24, 2.45) is 7.05 Å². The summed E-state index contributed by atoms with van der Waals surface area (Å²) in [6, 6.07) is 17.6. The maximum atomic E-state index is 5.93. The topological polar surface area (TPSA) is 14.2 Å². The second kappa shape index (κ2) is 6.22. The van der Waals surface area contributed by atoms with Gasteiger partial charge in [0.1, 0.15) is 0 Å². The van der Waals surface area contributed by atoms with Crippen LogP contribution in [0.2, 0.25) is 0 Å². The minimum absolute atomic E-state index is 0. The number of rotatable bonds is 3. The summed E-state index contributed by atoms with van der Waals surface area (Å²) in [5.74, 6) is 0.894. The third-order valence-corrected chi connectivity index (χ3v) is 3.33. The van der Waals surface area contributed by atoms with Gasteiger partial charge in [-0.2, -0.15) is 6.07 Å². The molecular weight excluding hydrogens is 241 g/mol. The SMILES string of the molecule is Cc1ccc(OCc2ccccc2)c2[c-]cn(C)c12.[Li+]. The van der Waals surface area contributed by atoms with E-state index in [1.165, 1.54) is 16.6 Å². The Morgan fingerprint density at radius 2 is 1.85 bits per heavy atom. The van der Waals surface area contributed by atoms with Crippen LogP contribution in [0.5, 0.6) is 5.75 Å². The van der Waals surface area contributed by atoms with Gasteiger partial charge < -0.3 is 9.30 Å². The van der Waals surface area contributed by atoms with Gasteiger partial charge in [-0.25, -0.2) is 0 Å². The van der Waals surface area contributed by atoms with Gasteiger partial charge in [0, 0.05) is 5.75 Å². The normalized spacial score (nSPS) is 10.3. The fourth-order valence-electron chi connectivity index (χ4n) is 2.35. The van der Waals surface area contributed by atoms with Gasteiger partial charge in [-0.1, -0.05) is 59.7 Å². The van der Waals surface area contributed by atoms with Gasteiger partial charge in [0.05, 0.1) is 6.61 Å². The molecule has 2 aromatic carbocycles. The molecule has 0 spiro atoms. The van der Waals surface area contributed by atoms with Crippen molar-refractivity contribution in [3.05, 3.63) is 65.9 Å². The number of nitrogens with zero attached hydrogens (tertiary/aromatic N) is 1. The zero-order valence-electron chi connectivity index (χ0n) is 12.2. The minimum Gasteiger partial charge on any atom is -0.546 e. The van der Waals surface area contributed by atoms with Crippen molar-refractivity contribution in [2.75, 3.05) is 0 Å².